The Labute approximate surface area is 243 Å². The SMILES string of the molecule is CCN(CC)c1ccc(NC(=O)CSc2nsc(SCC(=O)Nc3ccc(N(CC)CC)cc3)c2C#N)cc1. The molecule has 3 rings (SSSR count). The number of carbonyl (C=O) groups is 2. The molecule has 2 N–H and O–H groups in total. The topological polar surface area (TPSA) is 101 Å². The maximum absolute atomic E-state index is 12.5. The first-order chi connectivity index (χ1) is 18.9. The minimum Gasteiger partial charge on any atom is -0.372 e. The molecule has 11 heteroatoms. The Morgan fingerprint density at radius 2 is 1.23 bits per heavy atom. The van der Waals surface area contributed by atoms with E-state index in [-0.39, 0.29) is 23.3 Å². The molecule has 1 aromatic heterocycles. The van der Waals surface area contributed by atoms with Gasteiger partial charge in [-0.2, -0.15) is 9.64 Å². The number of hydrogen-bond donors (Lipinski definition) is 2. The largest absolute Gasteiger partial charge is 0.372 e. The van der Waals surface area contributed by atoms with Crippen LogP contribution in [-0.2, 0) is 9.59 Å². The van der Waals surface area contributed by atoms with Gasteiger partial charge in [0.15, 0.2) is 0 Å². The van der Waals surface area contributed by atoms with Crippen LogP contribution in [0.3, 0.4) is 0 Å². The summed E-state index contributed by atoms with van der Waals surface area (Å²) < 4.78 is 5.03. The minimum atomic E-state index is -0.173. The van der Waals surface area contributed by atoms with Crippen LogP contribution >= 0.6 is 35.1 Å². The zero-order valence-corrected chi connectivity index (χ0v) is 25.1. The van der Waals surface area contributed by atoms with Gasteiger partial charge in [-0.25, -0.2) is 0 Å². The summed E-state index contributed by atoms with van der Waals surface area (Å²) in [4.78, 5) is 29.5. The van der Waals surface area contributed by atoms with E-state index in [0.717, 1.165) is 48.9 Å². The van der Waals surface area contributed by atoms with Gasteiger partial charge in [0.2, 0.25) is 11.8 Å². The molecule has 0 radical (unpaired) electrons. The zero-order valence-electron chi connectivity index (χ0n) is 22.7. The van der Waals surface area contributed by atoms with E-state index >= 15 is 0 Å². The Hall–Kier alpha value is -3.20. The number of hydrogen-bond acceptors (Lipinski definition) is 9. The molecule has 0 saturated heterocycles. The highest BCUT2D eigenvalue weighted by molar-refractivity contribution is 8.02. The van der Waals surface area contributed by atoms with Crippen molar-refractivity contribution in [3.05, 3.63) is 54.1 Å². The fraction of sp³-hybridized carbons (Fsp3) is 0.357. The number of amides is 2. The number of carbonyl (C=O) groups excluding carboxylic acids is 2. The summed E-state index contributed by atoms with van der Waals surface area (Å²) in [6, 6.07) is 17.7. The van der Waals surface area contributed by atoms with E-state index in [1.54, 1.807) is 0 Å². The Kier molecular flexibility index (Phi) is 12.0. The molecule has 0 spiro atoms. The average molecular weight is 583 g/mol. The van der Waals surface area contributed by atoms with Crippen LogP contribution in [0.2, 0.25) is 0 Å². The third kappa shape index (κ3) is 8.65. The second-order valence-electron chi connectivity index (χ2n) is 8.37. The van der Waals surface area contributed by atoms with Crippen LogP contribution in [0.15, 0.2) is 57.8 Å². The van der Waals surface area contributed by atoms with Gasteiger partial charge in [-0.3, -0.25) is 9.59 Å². The fourth-order valence-corrected chi connectivity index (χ4v) is 6.59. The van der Waals surface area contributed by atoms with Gasteiger partial charge in [0.1, 0.15) is 20.9 Å². The van der Waals surface area contributed by atoms with Crippen molar-refractivity contribution in [2.75, 3.05) is 58.1 Å². The first kappa shape index (κ1) is 30.3. The molecule has 0 aliphatic heterocycles. The van der Waals surface area contributed by atoms with Gasteiger partial charge in [0, 0.05) is 48.9 Å². The van der Waals surface area contributed by atoms with E-state index in [4.69, 9.17) is 0 Å². The van der Waals surface area contributed by atoms with Crippen LogP contribution in [0.1, 0.15) is 33.3 Å². The maximum Gasteiger partial charge on any atom is 0.234 e. The zero-order chi connectivity index (χ0) is 28.2. The summed E-state index contributed by atoms with van der Waals surface area (Å²) in [6.07, 6.45) is 0. The van der Waals surface area contributed by atoms with Crippen LogP contribution in [0, 0.1) is 11.3 Å². The Morgan fingerprint density at radius 1 is 0.795 bits per heavy atom. The molecule has 2 aromatic carbocycles. The predicted octanol–water partition coefficient (Wildman–Crippen LogP) is 6.17. The van der Waals surface area contributed by atoms with Crippen LogP contribution in [0.5, 0.6) is 0 Å². The normalized spacial score (nSPS) is 10.5. The molecular weight excluding hydrogens is 549 g/mol. The van der Waals surface area contributed by atoms with Crippen molar-refractivity contribution in [2.24, 2.45) is 0 Å². The lowest BCUT2D eigenvalue weighted by Crippen LogP contribution is -2.21. The number of nitrogens with zero attached hydrogens (tertiary/aromatic N) is 4. The molecule has 2 amide bonds. The van der Waals surface area contributed by atoms with Crippen molar-refractivity contribution in [1.29, 1.82) is 5.26 Å². The van der Waals surface area contributed by atoms with E-state index in [0.29, 0.717) is 14.8 Å². The molecule has 0 aliphatic rings. The highest BCUT2D eigenvalue weighted by atomic mass is 32.2. The molecule has 1 heterocycles. The van der Waals surface area contributed by atoms with E-state index in [2.05, 4.69) is 58.6 Å². The standard InChI is InChI=1S/C28H34N6O2S3/c1-5-33(6-2)22-13-9-20(10-14-22)30-25(35)18-37-27-24(17-29)28(39-32-27)38-19-26(36)31-21-11-15-23(16-12-21)34(7-3)8-4/h9-16H,5-8,18-19H2,1-4H3,(H,30,35)(H,31,36). The van der Waals surface area contributed by atoms with Crippen LogP contribution in [0.4, 0.5) is 22.7 Å². The van der Waals surface area contributed by atoms with Crippen molar-refractivity contribution >= 4 is 69.6 Å². The second kappa shape index (κ2) is 15.4. The smallest absolute Gasteiger partial charge is 0.234 e. The quantitative estimate of drug-likeness (QED) is 0.218. The van der Waals surface area contributed by atoms with Gasteiger partial charge in [0.05, 0.1) is 11.5 Å². The first-order valence-corrected chi connectivity index (χ1v) is 15.6. The third-order valence-corrected chi connectivity index (χ3v) is 9.16. The highest BCUT2D eigenvalue weighted by Gasteiger charge is 2.17. The van der Waals surface area contributed by atoms with E-state index < -0.39 is 0 Å². The van der Waals surface area contributed by atoms with Crippen molar-refractivity contribution in [1.82, 2.24) is 4.37 Å². The number of benzene rings is 2. The first-order valence-electron chi connectivity index (χ1n) is 12.9. The molecule has 3 aromatic rings. The van der Waals surface area contributed by atoms with Crippen molar-refractivity contribution in [2.45, 2.75) is 36.9 Å². The van der Waals surface area contributed by atoms with Crippen molar-refractivity contribution in [3.8, 4) is 6.07 Å². The fourth-order valence-electron chi connectivity index (χ4n) is 3.90. The molecule has 39 heavy (non-hydrogen) atoms. The van der Waals surface area contributed by atoms with Gasteiger partial charge >= 0.3 is 0 Å². The summed E-state index contributed by atoms with van der Waals surface area (Å²) in [5, 5.41) is 16.0. The lowest BCUT2D eigenvalue weighted by Gasteiger charge is -2.21. The number of nitrogens with one attached hydrogen (secondary N) is 2. The van der Waals surface area contributed by atoms with Gasteiger partial charge in [0.25, 0.3) is 0 Å². The lowest BCUT2D eigenvalue weighted by atomic mass is 10.2. The van der Waals surface area contributed by atoms with Gasteiger partial charge in [-0.15, -0.1) is 11.8 Å². The number of rotatable bonds is 14. The number of nitriles is 1. The van der Waals surface area contributed by atoms with E-state index in [1.165, 1.54) is 35.1 Å². The molecule has 0 bridgehead atoms. The van der Waals surface area contributed by atoms with Crippen LogP contribution < -0.4 is 20.4 Å². The molecule has 0 unspecified atom stereocenters. The van der Waals surface area contributed by atoms with Gasteiger partial charge in [-0.1, -0.05) is 11.8 Å². The van der Waals surface area contributed by atoms with Crippen molar-refractivity contribution in [3.63, 3.8) is 0 Å². The summed E-state index contributed by atoms with van der Waals surface area (Å²) in [5.74, 6) is -0.0471. The molecule has 0 aliphatic carbocycles. The number of thioether (sulfide) groups is 2. The molecule has 206 valence electrons. The lowest BCUT2D eigenvalue weighted by molar-refractivity contribution is -0.114. The second-order valence-corrected chi connectivity index (χ2v) is 11.4. The Morgan fingerprint density at radius 3 is 1.64 bits per heavy atom. The molecule has 8 nitrogen and oxygen atoms in total. The number of aromatic nitrogens is 1. The molecule has 0 atom stereocenters. The molecule has 0 saturated carbocycles. The summed E-state index contributed by atoms with van der Waals surface area (Å²) in [5.41, 5.74) is 4.08. The average Bonchev–Trinajstić information content (AvgIpc) is 3.35. The Bertz CT molecular complexity index is 1170. The van der Waals surface area contributed by atoms with Gasteiger partial charge < -0.3 is 20.4 Å². The summed E-state index contributed by atoms with van der Waals surface area (Å²) >= 11 is 3.66. The summed E-state index contributed by atoms with van der Waals surface area (Å²) in [6.45, 7) is 12.1. The highest BCUT2D eigenvalue weighted by Crippen LogP contribution is 2.34. The van der Waals surface area contributed by atoms with Crippen LogP contribution in [-0.4, -0.2) is 53.9 Å². The third-order valence-electron chi connectivity index (χ3n) is 5.97. The van der Waals surface area contributed by atoms with E-state index in [1.807, 2.05) is 48.5 Å². The monoisotopic (exact) mass is 582 g/mol. The predicted molar refractivity (Wildman–Crippen MR) is 166 cm³/mol. The van der Waals surface area contributed by atoms with E-state index in [9.17, 15) is 14.9 Å². The minimum absolute atomic E-state index is 0.129. The van der Waals surface area contributed by atoms with Gasteiger partial charge in [-0.05, 0) is 87.8 Å². The van der Waals surface area contributed by atoms with Crippen molar-refractivity contribution < 1.29 is 9.59 Å². The maximum atomic E-state index is 12.5. The molecule has 0 fully saturated rings. The number of anilines is 4. The van der Waals surface area contributed by atoms with Crippen LogP contribution in [0.25, 0.3) is 0 Å². The molecular formula is C28H34N6O2S3. The summed E-state index contributed by atoms with van der Waals surface area (Å²) in [7, 11) is 0. The Balaban J connectivity index is 1.49.